The molecule has 0 aromatic rings. The molecule has 0 unspecified atom stereocenters. The summed E-state index contributed by atoms with van der Waals surface area (Å²) in [7, 11) is 0. The molecule has 1 aliphatic heterocycles. The van der Waals surface area contributed by atoms with Gasteiger partial charge >= 0.3 is 11.9 Å². The number of hydrogen-bond donors (Lipinski definition) is 2. The van der Waals surface area contributed by atoms with Gasteiger partial charge in [0.1, 0.15) is 12.2 Å². The molecule has 0 spiro atoms. The quantitative estimate of drug-likeness (QED) is 0.441. The van der Waals surface area contributed by atoms with Crippen LogP contribution in [0.1, 0.15) is 33.6 Å². The summed E-state index contributed by atoms with van der Waals surface area (Å²) in [5.41, 5.74) is -0.337. The predicted octanol–water partition coefficient (Wildman–Crippen LogP) is 1.48. The molecule has 5 atom stereocenters. The fourth-order valence-corrected chi connectivity index (χ4v) is 3.70. The van der Waals surface area contributed by atoms with Crippen molar-refractivity contribution < 1.29 is 29.3 Å². The van der Waals surface area contributed by atoms with Crippen LogP contribution in [-0.2, 0) is 19.1 Å². The number of aliphatic hydroxyl groups excluding tert-OH is 1. The molecule has 24 heavy (non-hydrogen) atoms. The second-order valence-electron chi connectivity index (χ2n) is 6.60. The van der Waals surface area contributed by atoms with Gasteiger partial charge in [-0.15, -0.1) is 11.6 Å². The second-order valence-corrected chi connectivity index (χ2v) is 6.87. The summed E-state index contributed by atoms with van der Waals surface area (Å²) in [5.74, 6) is -2.53. The largest absolute Gasteiger partial charge is 0.462 e. The van der Waals surface area contributed by atoms with Crippen LogP contribution in [0.2, 0.25) is 0 Å². The first kappa shape index (κ1) is 19.0. The predicted molar refractivity (Wildman–Crippen MR) is 87.3 cm³/mol. The van der Waals surface area contributed by atoms with E-state index < -0.39 is 41.8 Å². The third-order valence-corrected chi connectivity index (χ3v) is 4.81. The minimum Gasteiger partial charge on any atom is -0.462 e. The van der Waals surface area contributed by atoms with E-state index in [2.05, 4.69) is 0 Å². The molecule has 1 fully saturated rings. The first-order valence-corrected chi connectivity index (χ1v) is 8.40. The number of rotatable bonds is 2. The van der Waals surface area contributed by atoms with Gasteiger partial charge < -0.3 is 19.7 Å². The van der Waals surface area contributed by atoms with E-state index in [0.29, 0.717) is 6.42 Å². The maximum atomic E-state index is 12.2. The van der Waals surface area contributed by atoms with Crippen LogP contribution in [0.4, 0.5) is 0 Å². The fourth-order valence-electron chi connectivity index (χ4n) is 3.41. The number of ether oxygens (including phenoxy) is 2. The zero-order valence-electron chi connectivity index (χ0n) is 14.0. The Balaban J connectivity index is 2.51. The third kappa shape index (κ3) is 3.82. The lowest BCUT2D eigenvalue weighted by atomic mass is 9.79. The summed E-state index contributed by atoms with van der Waals surface area (Å²) in [6.45, 7) is 4.87. The van der Waals surface area contributed by atoms with Gasteiger partial charge in [0, 0.05) is 13.3 Å². The Morgan fingerprint density at radius 1 is 1.38 bits per heavy atom. The van der Waals surface area contributed by atoms with E-state index in [-0.39, 0.29) is 12.3 Å². The highest BCUT2D eigenvalue weighted by molar-refractivity contribution is 6.20. The van der Waals surface area contributed by atoms with Crippen molar-refractivity contribution in [2.45, 2.75) is 57.5 Å². The Hall–Kier alpha value is -1.37. The van der Waals surface area contributed by atoms with Gasteiger partial charge in [-0.05, 0) is 26.3 Å². The minimum atomic E-state index is -1.93. The maximum Gasteiger partial charge on any atom is 0.340 e. The van der Waals surface area contributed by atoms with Crippen LogP contribution in [0.15, 0.2) is 23.3 Å². The molecule has 0 saturated carbocycles. The molecule has 6 nitrogen and oxygen atoms in total. The van der Waals surface area contributed by atoms with Crippen LogP contribution in [0.5, 0.6) is 0 Å². The zero-order valence-corrected chi connectivity index (χ0v) is 14.7. The highest BCUT2D eigenvalue weighted by atomic mass is 35.5. The van der Waals surface area contributed by atoms with Crippen molar-refractivity contribution in [3.63, 3.8) is 0 Å². The van der Waals surface area contributed by atoms with E-state index in [9.17, 15) is 19.8 Å². The first-order valence-electron chi connectivity index (χ1n) is 7.86. The highest BCUT2D eigenvalue weighted by Gasteiger charge is 2.59. The molecule has 7 heteroatoms. The number of carbonyl (C=O) groups is 2. The van der Waals surface area contributed by atoms with Crippen LogP contribution in [-0.4, -0.2) is 51.9 Å². The lowest BCUT2D eigenvalue weighted by Gasteiger charge is -2.33. The summed E-state index contributed by atoms with van der Waals surface area (Å²) in [6, 6.07) is 0. The van der Waals surface area contributed by atoms with E-state index in [1.807, 2.05) is 0 Å². The van der Waals surface area contributed by atoms with Gasteiger partial charge in [-0.25, -0.2) is 4.79 Å². The lowest BCUT2D eigenvalue weighted by molar-refractivity contribution is -0.159. The van der Waals surface area contributed by atoms with Crippen molar-refractivity contribution in [1.29, 1.82) is 0 Å². The van der Waals surface area contributed by atoms with E-state index in [1.54, 1.807) is 26.0 Å². The molecule has 1 saturated heterocycles. The van der Waals surface area contributed by atoms with Crippen LogP contribution < -0.4 is 0 Å². The summed E-state index contributed by atoms with van der Waals surface area (Å²) >= 11 is 5.86. The Morgan fingerprint density at radius 2 is 2.00 bits per heavy atom. The van der Waals surface area contributed by atoms with E-state index in [0.717, 1.165) is 11.1 Å². The molecule has 0 aromatic heterocycles. The Morgan fingerprint density at radius 3 is 2.58 bits per heavy atom. The molecular weight excluding hydrogens is 336 g/mol. The highest BCUT2D eigenvalue weighted by Crippen LogP contribution is 2.40. The van der Waals surface area contributed by atoms with Crippen molar-refractivity contribution in [2.24, 2.45) is 5.92 Å². The van der Waals surface area contributed by atoms with E-state index in [1.165, 1.54) is 6.92 Å². The maximum absolute atomic E-state index is 12.2. The number of hydrogen-bond acceptors (Lipinski definition) is 6. The van der Waals surface area contributed by atoms with Crippen LogP contribution >= 0.6 is 11.6 Å². The molecule has 2 rings (SSSR count). The molecular formula is C17H23ClO6. The molecule has 1 heterocycles. The second kappa shape index (κ2) is 7.25. The molecule has 0 radical (unpaired) electrons. The van der Waals surface area contributed by atoms with Gasteiger partial charge in [-0.1, -0.05) is 17.2 Å². The molecule has 1 aliphatic carbocycles. The summed E-state index contributed by atoms with van der Waals surface area (Å²) in [5, 5.41) is 20.8. The monoisotopic (exact) mass is 358 g/mol. The topological polar surface area (TPSA) is 93.1 Å². The van der Waals surface area contributed by atoms with Gasteiger partial charge in [0.25, 0.3) is 0 Å². The average Bonchev–Trinajstić information content (AvgIpc) is 2.68. The number of fused-ring (bicyclic) bond motifs is 1. The smallest absolute Gasteiger partial charge is 0.340 e. The SMILES string of the molecule is CC(=O)O[C@@H]1C/C(C)=C/[C@H](O)C/C(C)=C/[C@H]2OC(=O)[C@](O)(CCl)[C@@H]21. The summed E-state index contributed by atoms with van der Waals surface area (Å²) < 4.78 is 10.7. The van der Waals surface area contributed by atoms with Crippen LogP contribution in [0.3, 0.4) is 0 Å². The van der Waals surface area contributed by atoms with Gasteiger partial charge in [-0.3, -0.25) is 4.79 Å². The molecule has 0 amide bonds. The summed E-state index contributed by atoms with van der Waals surface area (Å²) in [6.07, 6.45) is 1.76. The number of carbonyl (C=O) groups excluding carboxylic acids is 2. The van der Waals surface area contributed by atoms with Crippen molar-refractivity contribution in [1.82, 2.24) is 0 Å². The minimum absolute atomic E-state index is 0.264. The molecule has 0 aromatic carbocycles. The first-order chi connectivity index (χ1) is 11.2. The van der Waals surface area contributed by atoms with Crippen molar-refractivity contribution in [3.8, 4) is 0 Å². The molecule has 2 N–H and O–H groups in total. The normalized spacial score (nSPS) is 41.3. The van der Waals surface area contributed by atoms with Crippen molar-refractivity contribution >= 4 is 23.5 Å². The van der Waals surface area contributed by atoms with Gasteiger partial charge in [0.15, 0.2) is 5.60 Å². The van der Waals surface area contributed by atoms with Crippen LogP contribution in [0, 0.1) is 5.92 Å². The standard InChI is InChI=1S/C17H23ClO6/c1-9-4-12(20)5-10(2)7-14-15(13(6-9)23-11(3)19)17(22,8-18)16(21)24-14/h4,7,12-15,20,22H,5-6,8H2,1-3H3/b9-4+,10-7+/t12-,13+,14+,15+,17-/m0/s1. The summed E-state index contributed by atoms with van der Waals surface area (Å²) in [4.78, 5) is 23.7. The van der Waals surface area contributed by atoms with Crippen molar-refractivity contribution in [3.05, 3.63) is 23.3 Å². The van der Waals surface area contributed by atoms with Gasteiger partial charge in [0.05, 0.1) is 17.9 Å². The average molecular weight is 359 g/mol. The Bertz CT molecular complexity index is 584. The van der Waals surface area contributed by atoms with Gasteiger partial charge in [-0.2, -0.15) is 0 Å². The Kier molecular flexibility index (Phi) is 5.73. The van der Waals surface area contributed by atoms with E-state index >= 15 is 0 Å². The number of alkyl halides is 1. The molecule has 2 aliphatic rings. The zero-order chi connectivity index (χ0) is 18.1. The fraction of sp³-hybridized carbons (Fsp3) is 0.647. The number of esters is 2. The number of aliphatic hydroxyl groups is 2. The van der Waals surface area contributed by atoms with Gasteiger partial charge in [0.2, 0.25) is 0 Å². The van der Waals surface area contributed by atoms with E-state index in [4.69, 9.17) is 21.1 Å². The van der Waals surface area contributed by atoms with Crippen LogP contribution in [0.25, 0.3) is 0 Å². The molecule has 0 bridgehead atoms. The third-order valence-electron chi connectivity index (χ3n) is 4.40. The molecule has 134 valence electrons. The lowest BCUT2D eigenvalue weighted by Crippen LogP contribution is -2.50. The van der Waals surface area contributed by atoms with Crippen molar-refractivity contribution in [2.75, 3.05) is 5.88 Å². The Labute approximate surface area is 146 Å². The number of halogens is 1.